The van der Waals surface area contributed by atoms with E-state index in [9.17, 15) is 5.11 Å². The van der Waals surface area contributed by atoms with Crippen molar-refractivity contribution in [1.82, 2.24) is 0 Å². The van der Waals surface area contributed by atoms with Crippen LogP contribution >= 0.6 is 0 Å². The molecular weight excluding hydrogens is 220 g/mol. The summed E-state index contributed by atoms with van der Waals surface area (Å²) >= 11 is 0. The molecule has 0 amide bonds. The number of aliphatic hydroxyl groups excluding tert-OH is 1. The smallest absolute Gasteiger partial charge is 0.0583 e. The van der Waals surface area contributed by atoms with Gasteiger partial charge in [0.15, 0.2) is 0 Å². The van der Waals surface area contributed by atoms with Crippen molar-refractivity contribution in [3.05, 3.63) is 47.5 Å². The highest BCUT2D eigenvalue weighted by Gasteiger charge is 2.10. The normalized spacial score (nSPS) is 14.0. The summed E-state index contributed by atoms with van der Waals surface area (Å²) in [6.07, 6.45) is 6.02. The monoisotopic (exact) mass is 246 g/mol. The molecule has 1 rings (SSSR count). The third kappa shape index (κ3) is 6.61. The lowest BCUT2D eigenvalue weighted by Gasteiger charge is -2.16. The number of benzene rings is 1. The fourth-order valence-electron chi connectivity index (χ4n) is 2.21. The van der Waals surface area contributed by atoms with E-state index in [2.05, 4.69) is 39.0 Å². The van der Waals surface area contributed by atoms with Gasteiger partial charge in [-0.05, 0) is 51.0 Å². The second-order valence-corrected chi connectivity index (χ2v) is 5.54. The summed E-state index contributed by atoms with van der Waals surface area (Å²) in [6.45, 7) is 6.50. The number of rotatable bonds is 7. The van der Waals surface area contributed by atoms with Gasteiger partial charge in [0, 0.05) is 0 Å². The van der Waals surface area contributed by atoms with Crippen LogP contribution in [-0.2, 0) is 6.42 Å². The fourth-order valence-corrected chi connectivity index (χ4v) is 2.21. The maximum Gasteiger partial charge on any atom is 0.0583 e. The zero-order chi connectivity index (χ0) is 13.4. The van der Waals surface area contributed by atoms with E-state index < -0.39 is 0 Å². The third-order valence-electron chi connectivity index (χ3n) is 3.20. The van der Waals surface area contributed by atoms with Gasteiger partial charge in [0.1, 0.15) is 0 Å². The molecule has 0 bridgehead atoms. The van der Waals surface area contributed by atoms with Gasteiger partial charge in [0.2, 0.25) is 0 Å². The molecule has 2 atom stereocenters. The Bertz CT molecular complexity index is 349. The van der Waals surface area contributed by atoms with Crippen LogP contribution in [0.25, 0.3) is 0 Å². The van der Waals surface area contributed by atoms with Crippen LogP contribution in [0, 0.1) is 5.92 Å². The average molecular weight is 246 g/mol. The van der Waals surface area contributed by atoms with Crippen molar-refractivity contribution < 1.29 is 5.11 Å². The molecule has 0 radical (unpaired) electrons. The molecule has 0 aliphatic rings. The maximum atomic E-state index is 10.1. The Kier molecular flexibility index (Phi) is 6.74. The van der Waals surface area contributed by atoms with E-state index in [1.807, 2.05) is 18.2 Å². The lowest BCUT2D eigenvalue weighted by molar-refractivity contribution is 0.144. The number of hydrogen-bond acceptors (Lipinski definition) is 1. The molecular formula is C17H26O. The first-order valence-electron chi connectivity index (χ1n) is 6.93. The molecule has 0 heterocycles. The first-order valence-corrected chi connectivity index (χ1v) is 6.93. The molecule has 0 saturated carbocycles. The van der Waals surface area contributed by atoms with Gasteiger partial charge >= 0.3 is 0 Å². The topological polar surface area (TPSA) is 20.2 Å². The molecule has 0 saturated heterocycles. The van der Waals surface area contributed by atoms with Gasteiger partial charge in [-0.1, -0.05) is 48.9 Å². The zero-order valence-corrected chi connectivity index (χ0v) is 11.9. The van der Waals surface area contributed by atoms with Crippen LogP contribution in [0.4, 0.5) is 0 Å². The van der Waals surface area contributed by atoms with E-state index in [4.69, 9.17) is 0 Å². The predicted octanol–water partition coefficient (Wildman–Crippen LogP) is 4.36. The van der Waals surface area contributed by atoms with E-state index in [-0.39, 0.29) is 6.10 Å². The predicted molar refractivity (Wildman–Crippen MR) is 78.6 cm³/mol. The molecule has 0 aliphatic carbocycles. The van der Waals surface area contributed by atoms with E-state index in [1.54, 1.807) is 0 Å². The van der Waals surface area contributed by atoms with Crippen LogP contribution in [0.2, 0.25) is 0 Å². The number of aliphatic hydroxyl groups is 1. The Morgan fingerprint density at radius 1 is 1.22 bits per heavy atom. The van der Waals surface area contributed by atoms with E-state index in [0.717, 1.165) is 25.7 Å². The molecule has 100 valence electrons. The summed E-state index contributed by atoms with van der Waals surface area (Å²) < 4.78 is 0. The summed E-state index contributed by atoms with van der Waals surface area (Å²) in [5.41, 5.74) is 2.61. The first-order chi connectivity index (χ1) is 8.58. The number of hydrogen-bond donors (Lipinski definition) is 1. The molecule has 0 fully saturated rings. The van der Waals surface area contributed by atoms with Crippen molar-refractivity contribution in [2.75, 3.05) is 0 Å². The van der Waals surface area contributed by atoms with Crippen LogP contribution in [0.1, 0.15) is 45.6 Å². The summed E-state index contributed by atoms with van der Waals surface area (Å²) in [5, 5.41) is 10.1. The van der Waals surface area contributed by atoms with Crippen LogP contribution in [-0.4, -0.2) is 11.2 Å². The van der Waals surface area contributed by atoms with Gasteiger partial charge in [-0.3, -0.25) is 0 Å². The summed E-state index contributed by atoms with van der Waals surface area (Å²) in [4.78, 5) is 0. The molecule has 1 aromatic carbocycles. The quantitative estimate of drug-likeness (QED) is 0.709. The van der Waals surface area contributed by atoms with Crippen molar-refractivity contribution in [3.63, 3.8) is 0 Å². The first kappa shape index (κ1) is 15.0. The minimum atomic E-state index is -0.214. The highest BCUT2D eigenvalue weighted by molar-refractivity contribution is 5.15. The van der Waals surface area contributed by atoms with Crippen LogP contribution in [0.15, 0.2) is 42.0 Å². The zero-order valence-electron chi connectivity index (χ0n) is 11.9. The largest absolute Gasteiger partial charge is 0.393 e. The minimum Gasteiger partial charge on any atom is -0.393 e. The van der Waals surface area contributed by atoms with Gasteiger partial charge in [0.25, 0.3) is 0 Å². The molecule has 0 aromatic heterocycles. The Labute approximate surface area is 112 Å². The molecule has 18 heavy (non-hydrogen) atoms. The summed E-state index contributed by atoms with van der Waals surface area (Å²) in [5.74, 6) is 0.583. The van der Waals surface area contributed by atoms with Crippen molar-refractivity contribution in [2.24, 2.45) is 5.92 Å². The Morgan fingerprint density at radius 2 is 1.89 bits per heavy atom. The van der Waals surface area contributed by atoms with Crippen molar-refractivity contribution in [3.8, 4) is 0 Å². The SMILES string of the molecule is CC(C)=CCCC(C)C[C@H](O)Cc1ccccc1. The maximum absolute atomic E-state index is 10.1. The Hall–Kier alpha value is -1.08. The van der Waals surface area contributed by atoms with E-state index >= 15 is 0 Å². The summed E-state index contributed by atoms with van der Waals surface area (Å²) in [6, 6.07) is 10.2. The molecule has 0 spiro atoms. The molecule has 1 nitrogen and oxygen atoms in total. The molecule has 1 heteroatoms. The Morgan fingerprint density at radius 3 is 2.50 bits per heavy atom. The second-order valence-electron chi connectivity index (χ2n) is 5.54. The van der Waals surface area contributed by atoms with Crippen molar-refractivity contribution in [1.29, 1.82) is 0 Å². The molecule has 1 N–H and O–H groups in total. The fraction of sp³-hybridized carbons (Fsp3) is 0.529. The Balaban J connectivity index is 2.27. The lowest BCUT2D eigenvalue weighted by Crippen LogP contribution is -2.14. The highest BCUT2D eigenvalue weighted by Crippen LogP contribution is 2.16. The van der Waals surface area contributed by atoms with Crippen LogP contribution < -0.4 is 0 Å². The van der Waals surface area contributed by atoms with Gasteiger partial charge < -0.3 is 5.11 Å². The molecule has 1 unspecified atom stereocenters. The van der Waals surface area contributed by atoms with E-state index in [0.29, 0.717) is 5.92 Å². The minimum absolute atomic E-state index is 0.214. The van der Waals surface area contributed by atoms with Crippen molar-refractivity contribution in [2.45, 2.75) is 52.6 Å². The second kappa shape index (κ2) is 8.10. The summed E-state index contributed by atoms with van der Waals surface area (Å²) in [7, 11) is 0. The van der Waals surface area contributed by atoms with Crippen LogP contribution in [0.5, 0.6) is 0 Å². The number of allylic oxidation sites excluding steroid dienone is 2. The van der Waals surface area contributed by atoms with Gasteiger partial charge in [-0.2, -0.15) is 0 Å². The standard InChI is InChI=1S/C17H26O/c1-14(2)8-7-9-15(3)12-17(18)13-16-10-5-4-6-11-16/h4-6,8,10-11,15,17-18H,7,9,12-13H2,1-3H3/t15?,17-/m0/s1. The van der Waals surface area contributed by atoms with Gasteiger partial charge in [-0.25, -0.2) is 0 Å². The lowest BCUT2D eigenvalue weighted by atomic mass is 9.94. The molecule has 0 aliphatic heterocycles. The van der Waals surface area contributed by atoms with Crippen LogP contribution in [0.3, 0.4) is 0 Å². The van der Waals surface area contributed by atoms with Crippen molar-refractivity contribution >= 4 is 0 Å². The van der Waals surface area contributed by atoms with E-state index in [1.165, 1.54) is 11.1 Å². The highest BCUT2D eigenvalue weighted by atomic mass is 16.3. The molecule has 1 aromatic rings. The van der Waals surface area contributed by atoms with Gasteiger partial charge in [-0.15, -0.1) is 0 Å². The average Bonchev–Trinajstić information content (AvgIpc) is 2.29. The third-order valence-corrected chi connectivity index (χ3v) is 3.20. The van der Waals surface area contributed by atoms with Gasteiger partial charge in [0.05, 0.1) is 6.10 Å².